The van der Waals surface area contributed by atoms with E-state index in [0.29, 0.717) is 13.0 Å². The van der Waals surface area contributed by atoms with E-state index in [2.05, 4.69) is 0 Å². The zero-order chi connectivity index (χ0) is 13.6. The summed E-state index contributed by atoms with van der Waals surface area (Å²) < 4.78 is 39.0. The van der Waals surface area contributed by atoms with Crippen LogP contribution in [0.1, 0.15) is 46.0 Å². The maximum Gasteiger partial charge on any atom is 0.393 e. The second kappa shape index (κ2) is 4.67. The third-order valence-corrected chi connectivity index (χ3v) is 4.74. The maximum atomic E-state index is 13.0. The molecule has 1 N–H and O–H groups in total. The van der Waals surface area contributed by atoms with Crippen LogP contribution in [0.15, 0.2) is 0 Å². The quantitative estimate of drug-likeness (QED) is 0.788. The lowest BCUT2D eigenvalue weighted by molar-refractivity contribution is -0.195. The normalized spacial score (nSPS) is 38.0. The Morgan fingerprint density at radius 1 is 1.11 bits per heavy atom. The Morgan fingerprint density at radius 2 is 1.72 bits per heavy atom. The molecule has 0 aromatic heterocycles. The number of hydrogen-bond donors (Lipinski definition) is 1. The van der Waals surface area contributed by atoms with Crippen molar-refractivity contribution in [1.82, 2.24) is 4.90 Å². The van der Waals surface area contributed by atoms with E-state index in [-0.39, 0.29) is 12.5 Å². The largest absolute Gasteiger partial charge is 0.393 e. The van der Waals surface area contributed by atoms with Crippen LogP contribution >= 0.6 is 0 Å². The Kier molecular flexibility index (Phi) is 3.67. The molecule has 2 fully saturated rings. The second-order valence-corrected chi connectivity index (χ2v) is 6.15. The van der Waals surface area contributed by atoms with Crippen LogP contribution in [-0.4, -0.2) is 40.4 Å². The fourth-order valence-corrected chi connectivity index (χ4v) is 3.72. The van der Waals surface area contributed by atoms with Crippen molar-refractivity contribution in [3.05, 3.63) is 0 Å². The van der Waals surface area contributed by atoms with Crippen molar-refractivity contribution in [2.45, 2.75) is 69.8 Å². The summed E-state index contributed by atoms with van der Waals surface area (Å²) in [5.41, 5.74) is -0.902. The van der Waals surface area contributed by atoms with Gasteiger partial charge in [0.1, 0.15) is 0 Å². The molecule has 5 heteroatoms. The number of halogens is 3. The Labute approximate surface area is 106 Å². The van der Waals surface area contributed by atoms with E-state index in [0.717, 1.165) is 19.3 Å². The van der Waals surface area contributed by atoms with Crippen LogP contribution in [0.2, 0.25) is 0 Å². The summed E-state index contributed by atoms with van der Waals surface area (Å²) in [5.74, 6) is -1.28. The van der Waals surface area contributed by atoms with Gasteiger partial charge in [-0.15, -0.1) is 0 Å². The van der Waals surface area contributed by atoms with Crippen molar-refractivity contribution in [2.75, 3.05) is 6.54 Å². The molecule has 18 heavy (non-hydrogen) atoms. The molecule has 106 valence electrons. The average molecular weight is 265 g/mol. The first-order valence-electron chi connectivity index (χ1n) is 6.76. The van der Waals surface area contributed by atoms with Crippen LogP contribution in [0.3, 0.4) is 0 Å². The summed E-state index contributed by atoms with van der Waals surface area (Å²) in [4.78, 5) is 1.90. The van der Waals surface area contributed by atoms with E-state index >= 15 is 0 Å². The van der Waals surface area contributed by atoms with Crippen LogP contribution in [0.5, 0.6) is 0 Å². The summed E-state index contributed by atoms with van der Waals surface area (Å²) in [6.07, 6.45) is -0.939. The van der Waals surface area contributed by atoms with Gasteiger partial charge in [-0.05, 0) is 39.7 Å². The molecular weight excluding hydrogens is 243 g/mol. The SMILES string of the molecule is CC1(C)C(C(F)(F)F)CCN1C1CCCCC1O. The molecule has 1 aliphatic carbocycles. The van der Waals surface area contributed by atoms with E-state index in [1.54, 1.807) is 13.8 Å². The van der Waals surface area contributed by atoms with Gasteiger partial charge in [-0.25, -0.2) is 0 Å². The molecule has 0 bridgehead atoms. The summed E-state index contributed by atoms with van der Waals surface area (Å²) in [6, 6.07) is -0.0962. The molecule has 0 spiro atoms. The zero-order valence-corrected chi connectivity index (χ0v) is 11.0. The predicted molar refractivity (Wildman–Crippen MR) is 63.2 cm³/mol. The lowest BCUT2D eigenvalue weighted by atomic mass is 9.84. The van der Waals surface area contributed by atoms with Crippen molar-refractivity contribution in [2.24, 2.45) is 5.92 Å². The summed E-state index contributed by atoms with van der Waals surface area (Å²) in [7, 11) is 0. The smallest absolute Gasteiger partial charge is 0.391 e. The lowest BCUT2D eigenvalue weighted by Crippen LogP contribution is -2.55. The van der Waals surface area contributed by atoms with Gasteiger partial charge in [-0.1, -0.05) is 12.8 Å². The highest BCUT2D eigenvalue weighted by molar-refractivity contribution is 5.02. The van der Waals surface area contributed by atoms with Gasteiger partial charge in [0.25, 0.3) is 0 Å². The van der Waals surface area contributed by atoms with Gasteiger partial charge in [0, 0.05) is 11.6 Å². The fourth-order valence-electron chi connectivity index (χ4n) is 3.72. The van der Waals surface area contributed by atoms with Crippen molar-refractivity contribution in [3.8, 4) is 0 Å². The van der Waals surface area contributed by atoms with Crippen molar-refractivity contribution >= 4 is 0 Å². The predicted octanol–water partition coefficient (Wildman–Crippen LogP) is 2.95. The average Bonchev–Trinajstić information content (AvgIpc) is 2.54. The third kappa shape index (κ3) is 2.39. The molecule has 0 radical (unpaired) electrons. The minimum atomic E-state index is -4.14. The molecule has 1 saturated carbocycles. The molecule has 2 nitrogen and oxygen atoms in total. The van der Waals surface area contributed by atoms with E-state index in [1.807, 2.05) is 4.90 Å². The van der Waals surface area contributed by atoms with Crippen molar-refractivity contribution in [3.63, 3.8) is 0 Å². The molecule has 2 aliphatic rings. The number of likely N-dealkylation sites (tertiary alicyclic amines) is 1. The molecule has 0 aromatic carbocycles. The van der Waals surface area contributed by atoms with Gasteiger partial charge >= 0.3 is 6.18 Å². The number of aliphatic hydroxyl groups excluding tert-OH is 1. The Morgan fingerprint density at radius 3 is 2.22 bits per heavy atom. The van der Waals surface area contributed by atoms with Gasteiger partial charge in [0.2, 0.25) is 0 Å². The Bertz CT molecular complexity index is 303. The first kappa shape index (κ1) is 14.1. The van der Waals surface area contributed by atoms with E-state index in [9.17, 15) is 18.3 Å². The van der Waals surface area contributed by atoms with Crippen LogP contribution in [0.25, 0.3) is 0 Å². The molecule has 0 aromatic rings. The van der Waals surface area contributed by atoms with Gasteiger partial charge in [0.05, 0.1) is 12.0 Å². The molecule has 1 aliphatic heterocycles. The van der Waals surface area contributed by atoms with Gasteiger partial charge in [-0.2, -0.15) is 13.2 Å². The number of rotatable bonds is 1. The van der Waals surface area contributed by atoms with Gasteiger partial charge in [-0.3, -0.25) is 4.90 Å². The fraction of sp³-hybridized carbons (Fsp3) is 1.00. The summed E-state index contributed by atoms with van der Waals surface area (Å²) in [6.45, 7) is 3.78. The molecule has 3 unspecified atom stereocenters. The van der Waals surface area contributed by atoms with Crippen LogP contribution in [0.4, 0.5) is 13.2 Å². The molecule has 0 amide bonds. The first-order valence-corrected chi connectivity index (χ1v) is 6.76. The van der Waals surface area contributed by atoms with E-state index < -0.39 is 23.7 Å². The number of nitrogens with zero attached hydrogens (tertiary/aromatic N) is 1. The Balaban J connectivity index is 2.16. The van der Waals surface area contributed by atoms with E-state index in [1.165, 1.54) is 0 Å². The van der Waals surface area contributed by atoms with Crippen LogP contribution in [0, 0.1) is 5.92 Å². The molecule has 2 rings (SSSR count). The minimum absolute atomic E-state index is 0.0962. The third-order valence-electron chi connectivity index (χ3n) is 4.74. The second-order valence-electron chi connectivity index (χ2n) is 6.15. The zero-order valence-electron chi connectivity index (χ0n) is 11.0. The van der Waals surface area contributed by atoms with Crippen LogP contribution in [-0.2, 0) is 0 Å². The minimum Gasteiger partial charge on any atom is -0.391 e. The van der Waals surface area contributed by atoms with Crippen molar-refractivity contribution < 1.29 is 18.3 Å². The summed E-state index contributed by atoms with van der Waals surface area (Å²) >= 11 is 0. The standard InChI is InChI=1S/C13H22F3NO/c1-12(2)11(13(14,15)16)7-8-17(12)9-5-3-4-6-10(9)18/h9-11,18H,3-8H2,1-2H3. The van der Waals surface area contributed by atoms with Crippen molar-refractivity contribution in [1.29, 1.82) is 0 Å². The topological polar surface area (TPSA) is 23.5 Å². The van der Waals surface area contributed by atoms with E-state index in [4.69, 9.17) is 0 Å². The molecule has 1 saturated heterocycles. The lowest BCUT2D eigenvalue weighted by Gasteiger charge is -2.44. The molecule has 3 atom stereocenters. The van der Waals surface area contributed by atoms with Gasteiger partial charge in [0.15, 0.2) is 0 Å². The maximum absolute atomic E-state index is 13.0. The highest BCUT2D eigenvalue weighted by Crippen LogP contribution is 2.46. The molecule has 1 heterocycles. The highest BCUT2D eigenvalue weighted by atomic mass is 19.4. The highest BCUT2D eigenvalue weighted by Gasteiger charge is 2.56. The number of alkyl halides is 3. The van der Waals surface area contributed by atoms with Crippen LogP contribution < -0.4 is 0 Å². The first-order chi connectivity index (χ1) is 8.24. The number of aliphatic hydroxyl groups is 1. The molecular formula is C13H22F3NO. The number of hydrogen-bond acceptors (Lipinski definition) is 2. The monoisotopic (exact) mass is 265 g/mol. The van der Waals surface area contributed by atoms with Gasteiger partial charge < -0.3 is 5.11 Å². The summed E-state index contributed by atoms with van der Waals surface area (Å²) in [5, 5.41) is 10.0. The Hall–Kier alpha value is -0.290.